The first-order chi connectivity index (χ1) is 9.10. The fourth-order valence-electron chi connectivity index (χ4n) is 1.91. The first kappa shape index (κ1) is 12.7. The highest BCUT2D eigenvalue weighted by Crippen LogP contribution is 2.25. The molecule has 6 heteroatoms. The normalized spacial score (nSPS) is 11.6. The van der Waals surface area contributed by atoms with Crippen LogP contribution < -0.4 is 5.73 Å². The molecule has 0 spiro atoms. The third-order valence-corrected chi connectivity index (χ3v) is 2.72. The summed E-state index contributed by atoms with van der Waals surface area (Å²) in [6, 6.07) is 7.62. The minimum Gasteiger partial charge on any atom is -0.324 e. The van der Waals surface area contributed by atoms with Crippen LogP contribution in [0.5, 0.6) is 0 Å². The molecular formula is C13H10FN5. The van der Waals surface area contributed by atoms with Crippen LogP contribution in [-0.4, -0.2) is 9.55 Å². The van der Waals surface area contributed by atoms with Crippen LogP contribution in [0.15, 0.2) is 24.5 Å². The van der Waals surface area contributed by atoms with Gasteiger partial charge in [0, 0.05) is 11.6 Å². The van der Waals surface area contributed by atoms with Crippen LogP contribution in [0.4, 0.5) is 4.39 Å². The molecule has 0 saturated carbocycles. The molecule has 94 valence electrons. The smallest absolute Gasteiger partial charge is 0.177 e. The minimum atomic E-state index is -0.546. The van der Waals surface area contributed by atoms with Gasteiger partial charge in [-0.3, -0.25) is 4.57 Å². The van der Waals surface area contributed by atoms with Gasteiger partial charge in [0.2, 0.25) is 0 Å². The lowest BCUT2D eigenvalue weighted by molar-refractivity contribution is 0.591. The molecule has 2 aromatic rings. The first-order valence-electron chi connectivity index (χ1n) is 5.52. The van der Waals surface area contributed by atoms with Crippen molar-refractivity contribution in [3.05, 3.63) is 47.3 Å². The lowest BCUT2D eigenvalue weighted by atomic mass is 10.1. The molecule has 1 atom stereocenters. The Balaban J connectivity index is 2.74. The Kier molecular flexibility index (Phi) is 3.28. The zero-order valence-corrected chi connectivity index (χ0v) is 10.1. The predicted octanol–water partition coefficient (Wildman–Crippen LogP) is 1.77. The third-order valence-electron chi connectivity index (χ3n) is 2.72. The van der Waals surface area contributed by atoms with E-state index in [-0.39, 0.29) is 17.0 Å². The van der Waals surface area contributed by atoms with E-state index in [0.717, 1.165) is 0 Å². The van der Waals surface area contributed by atoms with E-state index in [4.69, 9.17) is 16.3 Å². The molecule has 1 aromatic heterocycles. The molecule has 19 heavy (non-hydrogen) atoms. The van der Waals surface area contributed by atoms with Crippen LogP contribution in [0.3, 0.4) is 0 Å². The van der Waals surface area contributed by atoms with Crippen molar-refractivity contribution in [2.75, 3.05) is 0 Å². The van der Waals surface area contributed by atoms with Gasteiger partial charge in [-0.1, -0.05) is 6.07 Å². The molecule has 0 aliphatic rings. The summed E-state index contributed by atoms with van der Waals surface area (Å²) < 4.78 is 15.2. The SMILES string of the molecule is CC(N)c1c(F)cccc1-n1cnc(C#N)c1C#N. The molecule has 0 aliphatic carbocycles. The summed E-state index contributed by atoms with van der Waals surface area (Å²) in [7, 11) is 0. The Bertz CT molecular complexity index is 703. The molecular weight excluding hydrogens is 245 g/mol. The summed E-state index contributed by atoms with van der Waals surface area (Å²) in [5.41, 5.74) is 6.52. The van der Waals surface area contributed by atoms with Crippen molar-refractivity contribution in [1.82, 2.24) is 9.55 Å². The van der Waals surface area contributed by atoms with Crippen molar-refractivity contribution in [1.29, 1.82) is 10.5 Å². The molecule has 5 nitrogen and oxygen atoms in total. The van der Waals surface area contributed by atoms with E-state index in [1.807, 2.05) is 12.1 Å². The van der Waals surface area contributed by atoms with Crippen LogP contribution in [0.1, 0.15) is 29.9 Å². The van der Waals surface area contributed by atoms with Gasteiger partial charge in [-0.15, -0.1) is 0 Å². The monoisotopic (exact) mass is 255 g/mol. The molecule has 0 aliphatic heterocycles. The van der Waals surface area contributed by atoms with Crippen molar-refractivity contribution < 1.29 is 4.39 Å². The number of imidazole rings is 1. The molecule has 0 radical (unpaired) electrons. The number of hydrogen-bond acceptors (Lipinski definition) is 4. The molecule has 0 amide bonds. The van der Waals surface area contributed by atoms with Gasteiger partial charge in [0.25, 0.3) is 0 Å². The van der Waals surface area contributed by atoms with E-state index in [0.29, 0.717) is 5.69 Å². The highest BCUT2D eigenvalue weighted by atomic mass is 19.1. The fourth-order valence-corrected chi connectivity index (χ4v) is 1.91. The van der Waals surface area contributed by atoms with Crippen molar-refractivity contribution in [3.63, 3.8) is 0 Å². The predicted molar refractivity (Wildman–Crippen MR) is 65.6 cm³/mol. The van der Waals surface area contributed by atoms with Crippen LogP contribution in [0, 0.1) is 28.5 Å². The van der Waals surface area contributed by atoms with Gasteiger partial charge in [0.1, 0.15) is 24.3 Å². The maximum Gasteiger partial charge on any atom is 0.177 e. The summed E-state index contributed by atoms with van der Waals surface area (Å²) in [4.78, 5) is 3.83. The number of benzene rings is 1. The third kappa shape index (κ3) is 2.05. The highest BCUT2D eigenvalue weighted by Gasteiger charge is 2.18. The molecule has 1 unspecified atom stereocenters. The van der Waals surface area contributed by atoms with E-state index in [9.17, 15) is 4.39 Å². The number of hydrogen-bond donors (Lipinski definition) is 1. The standard InChI is InChI=1S/C13H10FN5/c1-8(17)13-9(14)3-2-4-11(13)19-7-18-10(5-15)12(19)6-16/h2-4,7-8H,17H2,1H3. The van der Waals surface area contributed by atoms with Crippen molar-refractivity contribution in [3.8, 4) is 17.8 Å². The lowest BCUT2D eigenvalue weighted by Crippen LogP contribution is -2.12. The average Bonchev–Trinajstić information content (AvgIpc) is 2.80. The topological polar surface area (TPSA) is 91.4 Å². The van der Waals surface area contributed by atoms with Crippen molar-refractivity contribution in [2.45, 2.75) is 13.0 Å². The maximum absolute atomic E-state index is 13.8. The number of nitriles is 2. The number of nitrogens with two attached hydrogens (primary N) is 1. The Hall–Kier alpha value is -2.70. The van der Waals surface area contributed by atoms with E-state index < -0.39 is 11.9 Å². The summed E-state index contributed by atoms with van der Waals surface area (Å²) in [5.74, 6) is -0.455. The summed E-state index contributed by atoms with van der Waals surface area (Å²) in [6.45, 7) is 1.65. The van der Waals surface area contributed by atoms with Crippen LogP contribution in [0.25, 0.3) is 5.69 Å². The second-order valence-electron chi connectivity index (χ2n) is 4.00. The van der Waals surface area contributed by atoms with E-state index in [1.165, 1.54) is 23.0 Å². The van der Waals surface area contributed by atoms with Gasteiger partial charge < -0.3 is 5.73 Å². The van der Waals surface area contributed by atoms with Crippen LogP contribution >= 0.6 is 0 Å². The summed E-state index contributed by atoms with van der Waals surface area (Å²) in [5, 5.41) is 18.0. The summed E-state index contributed by atoms with van der Waals surface area (Å²) >= 11 is 0. The van der Waals surface area contributed by atoms with Crippen molar-refractivity contribution in [2.24, 2.45) is 5.73 Å². The Morgan fingerprint density at radius 2 is 2.11 bits per heavy atom. The second-order valence-corrected chi connectivity index (χ2v) is 4.00. The van der Waals surface area contributed by atoms with Crippen LogP contribution in [-0.2, 0) is 0 Å². The highest BCUT2D eigenvalue weighted by molar-refractivity contribution is 5.49. The largest absolute Gasteiger partial charge is 0.324 e. The maximum atomic E-state index is 13.8. The van der Waals surface area contributed by atoms with E-state index in [2.05, 4.69) is 4.98 Å². The number of aromatic nitrogens is 2. The quantitative estimate of drug-likeness (QED) is 0.885. The molecule has 0 fully saturated rings. The van der Waals surface area contributed by atoms with Gasteiger partial charge in [0.15, 0.2) is 11.4 Å². The number of rotatable bonds is 2. The first-order valence-corrected chi connectivity index (χ1v) is 5.52. The Morgan fingerprint density at radius 1 is 1.37 bits per heavy atom. The number of nitrogens with zero attached hydrogens (tertiary/aromatic N) is 4. The molecule has 0 saturated heterocycles. The second kappa shape index (κ2) is 4.89. The minimum absolute atomic E-state index is 0.00221. The van der Waals surface area contributed by atoms with Gasteiger partial charge in [-0.05, 0) is 19.1 Å². The van der Waals surface area contributed by atoms with Gasteiger partial charge in [0.05, 0.1) is 5.69 Å². The Morgan fingerprint density at radius 3 is 2.68 bits per heavy atom. The Labute approximate surface area is 109 Å². The van der Waals surface area contributed by atoms with Crippen molar-refractivity contribution >= 4 is 0 Å². The molecule has 0 bridgehead atoms. The number of halogens is 1. The van der Waals surface area contributed by atoms with Gasteiger partial charge in [-0.25, -0.2) is 9.37 Å². The molecule has 2 N–H and O–H groups in total. The summed E-state index contributed by atoms with van der Waals surface area (Å²) in [6.07, 6.45) is 1.32. The lowest BCUT2D eigenvalue weighted by Gasteiger charge is -2.14. The molecule has 2 rings (SSSR count). The van der Waals surface area contributed by atoms with E-state index in [1.54, 1.807) is 13.0 Å². The van der Waals surface area contributed by atoms with Crippen LogP contribution in [0.2, 0.25) is 0 Å². The zero-order valence-electron chi connectivity index (χ0n) is 10.1. The van der Waals surface area contributed by atoms with E-state index >= 15 is 0 Å². The molecule has 1 aromatic carbocycles. The zero-order chi connectivity index (χ0) is 14.0. The fraction of sp³-hybridized carbons (Fsp3) is 0.154. The molecule has 1 heterocycles. The average molecular weight is 255 g/mol. The van der Waals surface area contributed by atoms with Gasteiger partial charge >= 0.3 is 0 Å². The van der Waals surface area contributed by atoms with Gasteiger partial charge in [-0.2, -0.15) is 10.5 Å².